The quantitative estimate of drug-likeness (QED) is 0.698. The first-order chi connectivity index (χ1) is 9.78. The van der Waals surface area contributed by atoms with Gasteiger partial charge in [-0.2, -0.15) is 0 Å². The fraction of sp³-hybridized carbons (Fsp3) is 0.625. The molecule has 1 aromatic carbocycles. The van der Waals surface area contributed by atoms with Gasteiger partial charge < -0.3 is 13.8 Å². The zero-order valence-corrected chi connectivity index (χ0v) is 15.3. The first kappa shape index (κ1) is 16.8. The van der Waals surface area contributed by atoms with Gasteiger partial charge >= 0.3 is 0 Å². The van der Waals surface area contributed by atoms with Crippen molar-refractivity contribution in [2.24, 2.45) is 0 Å². The molecule has 1 aliphatic heterocycles. The fourth-order valence-electron chi connectivity index (χ4n) is 2.46. The Labute approximate surface area is 133 Å². The number of ether oxygens (including phenoxy) is 1. The maximum absolute atomic E-state index is 6.15. The normalized spacial score (nSPS) is 18.7. The lowest BCUT2D eigenvalue weighted by Crippen LogP contribution is -2.24. The van der Waals surface area contributed by atoms with Crippen molar-refractivity contribution in [3.8, 4) is 11.5 Å². The van der Waals surface area contributed by atoms with Gasteiger partial charge in [-0.25, -0.2) is 0 Å². The summed E-state index contributed by atoms with van der Waals surface area (Å²) >= 11 is 5.63. The molecule has 2 rings (SSSR count). The summed E-state index contributed by atoms with van der Waals surface area (Å²) in [6, 6.07) is 4.17. The van der Waals surface area contributed by atoms with Gasteiger partial charge in [0.2, 0.25) is 6.49 Å². The van der Waals surface area contributed by atoms with E-state index in [-0.39, 0.29) is 5.60 Å². The summed E-state index contributed by atoms with van der Waals surface area (Å²) in [6.45, 7) is 8.72. The first-order valence-electron chi connectivity index (χ1n) is 7.54. The molecular formula is C16H25O3PS. The molecule has 0 radical (unpaired) electrons. The van der Waals surface area contributed by atoms with E-state index in [0.29, 0.717) is 12.8 Å². The Balaban J connectivity index is 2.31. The molecule has 0 saturated carbocycles. The molecular weight excluding hydrogens is 303 g/mol. The maximum atomic E-state index is 6.15. The average molecular weight is 328 g/mol. The third-order valence-electron chi connectivity index (χ3n) is 3.39. The molecule has 0 bridgehead atoms. The summed E-state index contributed by atoms with van der Waals surface area (Å²) in [6.07, 6.45) is 2.55. The van der Waals surface area contributed by atoms with Crippen LogP contribution in [-0.2, 0) is 22.8 Å². The summed E-state index contributed by atoms with van der Waals surface area (Å²) < 4.78 is 18.0. The van der Waals surface area contributed by atoms with E-state index in [1.807, 2.05) is 13.0 Å². The summed E-state index contributed by atoms with van der Waals surface area (Å²) in [5.74, 6) is 1.59. The van der Waals surface area contributed by atoms with Gasteiger partial charge in [0.1, 0.15) is 5.60 Å². The molecule has 1 aromatic rings. The highest BCUT2D eigenvalue weighted by Crippen LogP contribution is 2.53. The molecule has 0 aromatic heterocycles. The molecule has 0 spiro atoms. The Morgan fingerprint density at radius 2 is 2.05 bits per heavy atom. The van der Waals surface area contributed by atoms with Crippen LogP contribution < -0.4 is 9.26 Å². The van der Waals surface area contributed by atoms with E-state index in [4.69, 9.17) is 25.6 Å². The molecule has 3 nitrogen and oxygen atoms in total. The molecule has 21 heavy (non-hydrogen) atoms. The summed E-state index contributed by atoms with van der Waals surface area (Å²) in [5.41, 5.74) is 2.18. The second-order valence-electron chi connectivity index (χ2n) is 6.14. The summed E-state index contributed by atoms with van der Waals surface area (Å²) in [5, 5.41) is 0. The van der Waals surface area contributed by atoms with Gasteiger partial charge in [-0.1, -0.05) is 19.9 Å². The number of rotatable bonds is 6. The van der Waals surface area contributed by atoms with Crippen LogP contribution in [0.3, 0.4) is 0 Å². The summed E-state index contributed by atoms with van der Waals surface area (Å²) in [7, 11) is 0. The largest absolute Gasteiger partial charge is 0.483 e. The molecule has 1 aliphatic rings. The zero-order valence-electron chi connectivity index (χ0n) is 13.6. The topological polar surface area (TPSA) is 27.7 Å². The van der Waals surface area contributed by atoms with Crippen LogP contribution in [0.2, 0.25) is 0 Å². The van der Waals surface area contributed by atoms with Crippen molar-refractivity contribution in [2.75, 3.05) is 12.8 Å². The summed E-state index contributed by atoms with van der Waals surface area (Å²) in [4.78, 5) is 0. The van der Waals surface area contributed by atoms with E-state index < -0.39 is 6.49 Å². The monoisotopic (exact) mass is 328 g/mol. The van der Waals surface area contributed by atoms with E-state index in [2.05, 4.69) is 33.8 Å². The SMILES string of the molecule is CCCOP(=S)(CC)Oc1cc(C)cc2c1OC(C)(C)C2. The standard InChI is InChI=1S/C16H25O3PS/c1-6-8-17-20(21,7-2)19-14-10-12(3)9-13-11-16(4,5)18-15(13)14/h9-10H,6-8,11H2,1-5H3. The van der Waals surface area contributed by atoms with Crippen molar-refractivity contribution in [3.05, 3.63) is 23.3 Å². The van der Waals surface area contributed by atoms with Crippen molar-refractivity contribution in [1.29, 1.82) is 0 Å². The van der Waals surface area contributed by atoms with Gasteiger partial charge in [0.05, 0.1) is 6.61 Å². The number of hydrogen-bond acceptors (Lipinski definition) is 4. The van der Waals surface area contributed by atoms with E-state index in [1.165, 1.54) is 5.56 Å². The van der Waals surface area contributed by atoms with Crippen molar-refractivity contribution < 1.29 is 13.8 Å². The van der Waals surface area contributed by atoms with Crippen LogP contribution in [0.15, 0.2) is 12.1 Å². The number of benzene rings is 1. The van der Waals surface area contributed by atoms with Crippen LogP contribution in [-0.4, -0.2) is 18.4 Å². The predicted molar refractivity (Wildman–Crippen MR) is 91.3 cm³/mol. The molecule has 5 heteroatoms. The lowest BCUT2D eigenvalue weighted by molar-refractivity contribution is 0.135. The molecule has 0 saturated heterocycles. The minimum atomic E-state index is -2.28. The zero-order chi connectivity index (χ0) is 15.7. The average Bonchev–Trinajstić information content (AvgIpc) is 2.71. The van der Waals surface area contributed by atoms with Crippen molar-refractivity contribution in [3.63, 3.8) is 0 Å². The Morgan fingerprint density at radius 3 is 2.67 bits per heavy atom. The van der Waals surface area contributed by atoms with Gasteiger partial charge in [-0.3, -0.25) is 0 Å². The third kappa shape index (κ3) is 4.00. The number of hydrogen-bond donors (Lipinski definition) is 0. The molecule has 1 heterocycles. The van der Waals surface area contributed by atoms with Crippen molar-refractivity contribution in [2.45, 2.75) is 53.1 Å². The lowest BCUT2D eigenvalue weighted by Gasteiger charge is -2.24. The minimum Gasteiger partial charge on any atom is -0.483 e. The lowest BCUT2D eigenvalue weighted by atomic mass is 10.0. The molecule has 1 atom stereocenters. The second-order valence-corrected chi connectivity index (χ2v) is 10.1. The maximum Gasteiger partial charge on any atom is 0.238 e. The highest BCUT2D eigenvalue weighted by Gasteiger charge is 2.34. The molecule has 1 unspecified atom stereocenters. The fourth-order valence-corrected chi connectivity index (χ4v) is 4.19. The van der Waals surface area contributed by atoms with Gasteiger partial charge in [-0.15, -0.1) is 0 Å². The second kappa shape index (κ2) is 6.28. The third-order valence-corrected chi connectivity index (χ3v) is 6.53. The van der Waals surface area contributed by atoms with Gasteiger partial charge in [0, 0.05) is 18.1 Å². The van der Waals surface area contributed by atoms with Gasteiger partial charge in [0.25, 0.3) is 0 Å². The van der Waals surface area contributed by atoms with E-state index in [9.17, 15) is 0 Å². The molecule has 0 aliphatic carbocycles. The van der Waals surface area contributed by atoms with Crippen molar-refractivity contribution in [1.82, 2.24) is 0 Å². The Hall–Kier alpha value is -0.570. The number of aryl methyl sites for hydroxylation is 1. The highest BCUT2D eigenvalue weighted by atomic mass is 32.5. The highest BCUT2D eigenvalue weighted by molar-refractivity contribution is 8.10. The van der Waals surface area contributed by atoms with E-state index in [1.54, 1.807) is 0 Å². The van der Waals surface area contributed by atoms with Crippen LogP contribution in [0.5, 0.6) is 11.5 Å². The van der Waals surface area contributed by atoms with E-state index >= 15 is 0 Å². The first-order valence-corrected chi connectivity index (χ1v) is 10.4. The van der Waals surface area contributed by atoms with Crippen LogP contribution in [0.25, 0.3) is 0 Å². The van der Waals surface area contributed by atoms with Gasteiger partial charge in [-0.05, 0) is 50.6 Å². The molecule has 118 valence electrons. The van der Waals surface area contributed by atoms with E-state index in [0.717, 1.165) is 29.9 Å². The van der Waals surface area contributed by atoms with Crippen LogP contribution in [0.1, 0.15) is 45.2 Å². The Bertz CT molecular complexity index is 569. The predicted octanol–water partition coefficient (Wildman–Crippen LogP) is 4.84. The number of fused-ring (bicyclic) bond motifs is 1. The molecule has 0 amide bonds. The van der Waals surface area contributed by atoms with Crippen LogP contribution in [0, 0.1) is 6.92 Å². The molecule has 0 N–H and O–H groups in total. The Kier molecular flexibility index (Phi) is 5.02. The molecule has 0 fully saturated rings. The van der Waals surface area contributed by atoms with Crippen LogP contribution in [0.4, 0.5) is 0 Å². The Morgan fingerprint density at radius 1 is 1.33 bits per heavy atom. The van der Waals surface area contributed by atoms with Gasteiger partial charge in [0.15, 0.2) is 11.5 Å². The smallest absolute Gasteiger partial charge is 0.238 e. The van der Waals surface area contributed by atoms with Crippen molar-refractivity contribution >= 4 is 18.3 Å². The minimum absolute atomic E-state index is 0.187. The van der Waals surface area contributed by atoms with Crippen LogP contribution >= 0.6 is 6.49 Å².